The molecule has 0 aliphatic carbocycles. The zero-order chi connectivity index (χ0) is 23.3. The molecule has 0 aliphatic heterocycles. The number of hydrogen-bond acceptors (Lipinski definition) is 4. The molecule has 30 heavy (non-hydrogen) atoms. The summed E-state index contributed by atoms with van der Waals surface area (Å²) in [4.78, 5) is 9.52. The van der Waals surface area contributed by atoms with Crippen LogP contribution in [0.15, 0.2) is 0 Å². The van der Waals surface area contributed by atoms with E-state index in [9.17, 15) is 9.46 Å². The van der Waals surface area contributed by atoms with Crippen LogP contribution in [0.2, 0.25) is 0 Å². The number of nitrogens with two attached hydrogens (primary N) is 1. The fourth-order valence-electron chi connectivity index (χ4n) is 3.04. The lowest BCUT2D eigenvalue weighted by Gasteiger charge is -2.12. The molecule has 0 aromatic rings. The molecule has 0 aromatic carbocycles. The van der Waals surface area contributed by atoms with Crippen LogP contribution in [0.5, 0.6) is 0 Å². The summed E-state index contributed by atoms with van der Waals surface area (Å²) < 4.78 is 21.5. The third kappa shape index (κ3) is 26.1. The standard InChI is InChI=1S/C16H35O4P.C8H19N/c1-15(2)11-7-5-9-13-19-21(17,18)20-14-10-6-8-12-16(3)4;1-3-5-6-8(4-2)7-9/h15-16H,5-14H2,1-4H3,(H,17,18);8H,3-7,9H2,1-2H3. The highest BCUT2D eigenvalue weighted by Gasteiger charge is 2.19. The van der Waals surface area contributed by atoms with Gasteiger partial charge in [0.25, 0.3) is 0 Å². The van der Waals surface area contributed by atoms with Gasteiger partial charge in [0.15, 0.2) is 0 Å². The minimum Gasteiger partial charge on any atom is -0.330 e. The van der Waals surface area contributed by atoms with E-state index >= 15 is 0 Å². The highest BCUT2D eigenvalue weighted by molar-refractivity contribution is 7.47. The topological polar surface area (TPSA) is 81.8 Å². The van der Waals surface area contributed by atoms with Gasteiger partial charge in [0.05, 0.1) is 13.2 Å². The second-order valence-corrected chi connectivity index (χ2v) is 10.7. The van der Waals surface area contributed by atoms with Crippen LogP contribution in [-0.4, -0.2) is 24.7 Å². The van der Waals surface area contributed by atoms with Crippen molar-refractivity contribution in [1.82, 2.24) is 0 Å². The Balaban J connectivity index is 0. The molecule has 0 aliphatic rings. The van der Waals surface area contributed by atoms with Crippen LogP contribution in [0.25, 0.3) is 0 Å². The Morgan fingerprint density at radius 1 is 0.767 bits per heavy atom. The number of phosphoric acid groups is 1. The summed E-state index contributed by atoms with van der Waals surface area (Å²) in [5.41, 5.74) is 5.52. The average Bonchev–Trinajstić information content (AvgIpc) is 2.68. The van der Waals surface area contributed by atoms with Gasteiger partial charge in [0.1, 0.15) is 0 Å². The molecule has 1 unspecified atom stereocenters. The van der Waals surface area contributed by atoms with E-state index in [1.54, 1.807) is 0 Å². The van der Waals surface area contributed by atoms with E-state index in [-0.39, 0.29) is 0 Å². The molecular formula is C24H54NO4P. The molecule has 0 saturated carbocycles. The van der Waals surface area contributed by atoms with Gasteiger partial charge in [-0.3, -0.25) is 9.05 Å². The van der Waals surface area contributed by atoms with Crippen molar-refractivity contribution in [2.75, 3.05) is 19.8 Å². The molecule has 0 bridgehead atoms. The van der Waals surface area contributed by atoms with Gasteiger partial charge in [-0.2, -0.15) is 0 Å². The van der Waals surface area contributed by atoms with Crippen LogP contribution in [0.1, 0.15) is 119 Å². The van der Waals surface area contributed by atoms with Crippen LogP contribution in [0.4, 0.5) is 0 Å². The zero-order valence-corrected chi connectivity index (χ0v) is 21.9. The van der Waals surface area contributed by atoms with E-state index in [1.807, 2.05) is 0 Å². The molecule has 0 fully saturated rings. The number of phosphoric ester groups is 1. The predicted octanol–water partition coefficient (Wildman–Crippen LogP) is 7.71. The van der Waals surface area contributed by atoms with Crippen molar-refractivity contribution in [1.29, 1.82) is 0 Å². The Bertz CT molecular complexity index is 363. The van der Waals surface area contributed by atoms with Crippen LogP contribution < -0.4 is 5.73 Å². The summed E-state index contributed by atoms with van der Waals surface area (Å²) in [6, 6.07) is 0. The summed E-state index contributed by atoms with van der Waals surface area (Å²) in [6.45, 7) is 14.7. The van der Waals surface area contributed by atoms with Crippen molar-refractivity contribution in [2.24, 2.45) is 23.5 Å². The van der Waals surface area contributed by atoms with Gasteiger partial charge in [0.2, 0.25) is 0 Å². The van der Waals surface area contributed by atoms with Gasteiger partial charge in [-0.1, -0.05) is 99.3 Å². The monoisotopic (exact) mass is 451 g/mol. The fraction of sp³-hybridized carbons (Fsp3) is 1.00. The van der Waals surface area contributed by atoms with Crippen molar-refractivity contribution < 1.29 is 18.5 Å². The molecule has 0 radical (unpaired) electrons. The molecule has 3 N–H and O–H groups in total. The maximum Gasteiger partial charge on any atom is 0.472 e. The molecular weight excluding hydrogens is 397 g/mol. The second kappa shape index (κ2) is 22.3. The van der Waals surface area contributed by atoms with Crippen molar-refractivity contribution in [3.63, 3.8) is 0 Å². The Kier molecular flexibility index (Phi) is 23.9. The molecule has 0 saturated heterocycles. The minimum absolute atomic E-state index is 0.305. The van der Waals surface area contributed by atoms with Crippen LogP contribution in [-0.2, 0) is 13.6 Å². The molecule has 0 spiro atoms. The molecule has 0 heterocycles. The van der Waals surface area contributed by atoms with Gasteiger partial charge in [0, 0.05) is 0 Å². The lowest BCUT2D eigenvalue weighted by Crippen LogP contribution is -2.12. The first-order chi connectivity index (χ1) is 14.2. The summed E-state index contributed by atoms with van der Waals surface area (Å²) in [5.74, 6) is 2.22. The quantitative estimate of drug-likeness (QED) is 0.155. The Hall–Kier alpha value is 0.0700. The SMILES string of the molecule is CC(C)CCCCCOP(=O)(O)OCCCCCC(C)C.CCCCC(CC)CN. The smallest absolute Gasteiger partial charge is 0.330 e. The van der Waals surface area contributed by atoms with Gasteiger partial charge in [-0.05, 0) is 43.6 Å². The first-order valence-corrected chi connectivity index (χ1v) is 14.0. The van der Waals surface area contributed by atoms with Gasteiger partial charge in [-0.15, -0.1) is 0 Å². The van der Waals surface area contributed by atoms with E-state index in [0.29, 0.717) is 25.0 Å². The van der Waals surface area contributed by atoms with E-state index < -0.39 is 7.82 Å². The Morgan fingerprint density at radius 2 is 1.23 bits per heavy atom. The third-order valence-electron chi connectivity index (χ3n) is 5.24. The Labute approximate surface area is 188 Å². The molecule has 0 amide bonds. The van der Waals surface area contributed by atoms with E-state index in [0.717, 1.165) is 51.0 Å². The lowest BCUT2D eigenvalue weighted by molar-refractivity contribution is 0.145. The summed E-state index contributed by atoms with van der Waals surface area (Å²) >= 11 is 0. The maximum atomic E-state index is 11.6. The number of rotatable bonds is 19. The second-order valence-electron chi connectivity index (χ2n) is 9.27. The van der Waals surface area contributed by atoms with Crippen molar-refractivity contribution in [3.05, 3.63) is 0 Å². The first-order valence-electron chi connectivity index (χ1n) is 12.5. The molecule has 6 heteroatoms. The predicted molar refractivity (Wildman–Crippen MR) is 131 cm³/mol. The first kappa shape index (κ1) is 32.3. The van der Waals surface area contributed by atoms with E-state index in [4.69, 9.17) is 14.8 Å². The molecule has 0 aromatic heterocycles. The van der Waals surface area contributed by atoms with Crippen LogP contribution in [0.3, 0.4) is 0 Å². The van der Waals surface area contributed by atoms with Gasteiger partial charge >= 0.3 is 7.82 Å². The highest BCUT2D eigenvalue weighted by atomic mass is 31.2. The summed E-state index contributed by atoms with van der Waals surface area (Å²) in [5, 5.41) is 0. The van der Waals surface area contributed by atoms with Crippen molar-refractivity contribution in [2.45, 2.75) is 119 Å². The van der Waals surface area contributed by atoms with Crippen molar-refractivity contribution >= 4 is 7.82 Å². The molecule has 1 atom stereocenters. The molecule has 184 valence electrons. The largest absolute Gasteiger partial charge is 0.472 e. The minimum atomic E-state index is -3.83. The average molecular weight is 452 g/mol. The molecule has 0 rings (SSSR count). The van der Waals surface area contributed by atoms with Crippen molar-refractivity contribution in [3.8, 4) is 0 Å². The number of hydrogen-bond donors (Lipinski definition) is 2. The van der Waals surface area contributed by atoms with Crippen LogP contribution >= 0.6 is 7.82 Å². The van der Waals surface area contributed by atoms with Gasteiger partial charge < -0.3 is 10.6 Å². The Morgan fingerprint density at radius 3 is 1.57 bits per heavy atom. The highest BCUT2D eigenvalue weighted by Crippen LogP contribution is 2.43. The fourth-order valence-corrected chi connectivity index (χ4v) is 3.84. The lowest BCUT2D eigenvalue weighted by atomic mass is 10.00. The third-order valence-corrected chi connectivity index (χ3v) is 6.25. The van der Waals surface area contributed by atoms with E-state index in [2.05, 4.69) is 41.5 Å². The van der Waals surface area contributed by atoms with Gasteiger partial charge in [-0.25, -0.2) is 4.57 Å². The molecule has 5 nitrogen and oxygen atoms in total. The summed E-state index contributed by atoms with van der Waals surface area (Å²) in [7, 11) is -3.83. The summed E-state index contributed by atoms with van der Waals surface area (Å²) in [6.07, 6.45) is 13.6. The van der Waals surface area contributed by atoms with Crippen LogP contribution in [0, 0.1) is 17.8 Å². The van der Waals surface area contributed by atoms with E-state index in [1.165, 1.54) is 38.5 Å². The number of unbranched alkanes of at least 4 members (excludes halogenated alkanes) is 5. The zero-order valence-electron chi connectivity index (χ0n) is 21.0. The normalized spacial score (nSPS) is 12.9. The maximum absolute atomic E-state index is 11.6.